The number of anilines is 2. The van der Waals surface area contributed by atoms with E-state index in [0.717, 1.165) is 12.1 Å². The van der Waals surface area contributed by atoms with Crippen LogP contribution in [0.3, 0.4) is 0 Å². The summed E-state index contributed by atoms with van der Waals surface area (Å²) in [5.41, 5.74) is -0.286. The molecule has 0 aliphatic carbocycles. The molecule has 0 atom stereocenters. The number of para-hydroxylation sites is 1. The Morgan fingerprint density at radius 2 is 1.70 bits per heavy atom. The van der Waals surface area contributed by atoms with Crippen molar-refractivity contribution in [2.75, 3.05) is 5.32 Å². The maximum absolute atomic E-state index is 12.9. The van der Waals surface area contributed by atoms with Crippen LogP contribution in [-0.2, 0) is 6.18 Å². The van der Waals surface area contributed by atoms with Crippen molar-refractivity contribution in [2.45, 2.75) is 11.1 Å². The van der Waals surface area contributed by atoms with E-state index in [2.05, 4.69) is 23.0 Å². The molecule has 0 spiro atoms. The summed E-state index contributed by atoms with van der Waals surface area (Å²) in [5, 5.41) is 15.8. The quantitative estimate of drug-likeness (QED) is 0.495. The largest absolute Gasteiger partial charge is 0.416 e. The second kappa shape index (κ2) is 7.35. The molecular weight excluding hydrogens is 420 g/mol. The van der Waals surface area contributed by atoms with Gasteiger partial charge in [0.05, 0.1) is 31.9 Å². The standard InChI is InChI=1S/C17H9Cl2F3N4S/c18-11-6-9(17(20,21)22)7-12(19)14(11)24-16-15(27)13(8-23)25-26(16)10-4-2-1-3-5-10/h1-7,24,27H. The van der Waals surface area contributed by atoms with Crippen molar-refractivity contribution in [3.63, 3.8) is 0 Å². The zero-order valence-electron chi connectivity index (χ0n) is 13.2. The number of hydrogen-bond acceptors (Lipinski definition) is 4. The number of thiol groups is 1. The Balaban J connectivity index is 2.12. The van der Waals surface area contributed by atoms with Gasteiger partial charge in [0.25, 0.3) is 0 Å². The Morgan fingerprint density at radius 1 is 1.11 bits per heavy atom. The summed E-state index contributed by atoms with van der Waals surface area (Å²) in [5.74, 6) is 0.240. The van der Waals surface area contributed by atoms with Crippen molar-refractivity contribution in [2.24, 2.45) is 0 Å². The lowest BCUT2D eigenvalue weighted by molar-refractivity contribution is -0.137. The van der Waals surface area contributed by atoms with Crippen molar-refractivity contribution in [3.8, 4) is 11.8 Å². The van der Waals surface area contributed by atoms with Gasteiger partial charge in [0.2, 0.25) is 0 Å². The van der Waals surface area contributed by atoms with Crippen LogP contribution in [0.2, 0.25) is 10.0 Å². The lowest BCUT2D eigenvalue weighted by Crippen LogP contribution is -2.07. The van der Waals surface area contributed by atoms with Crippen molar-refractivity contribution < 1.29 is 13.2 Å². The van der Waals surface area contributed by atoms with E-state index >= 15 is 0 Å². The van der Waals surface area contributed by atoms with Gasteiger partial charge >= 0.3 is 6.18 Å². The first kappa shape index (κ1) is 19.4. The lowest BCUT2D eigenvalue weighted by atomic mass is 10.2. The average Bonchev–Trinajstić information content (AvgIpc) is 2.93. The van der Waals surface area contributed by atoms with Crippen LogP contribution in [0, 0.1) is 11.3 Å². The molecule has 0 fully saturated rings. The van der Waals surface area contributed by atoms with Crippen LogP contribution in [0.15, 0.2) is 47.4 Å². The number of halogens is 5. The third-order valence-electron chi connectivity index (χ3n) is 3.58. The summed E-state index contributed by atoms with van der Waals surface area (Å²) in [7, 11) is 0. The monoisotopic (exact) mass is 428 g/mol. The fourth-order valence-corrected chi connectivity index (χ4v) is 3.15. The third kappa shape index (κ3) is 3.86. The molecule has 0 bridgehead atoms. The molecule has 2 aromatic carbocycles. The lowest BCUT2D eigenvalue weighted by Gasteiger charge is -2.15. The van der Waals surface area contributed by atoms with Crippen LogP contribution in [0.5, 0.6) is 0 Å². The van der Waals surface area contributed by atoms with Crippen LogP contribution >= 0.6 is 35.8 Å². The van der Waals surface area contributed by atoms with Crippen molar-refractivity contribution in [1.82, 2.24) is 9.78 Å². The predicted octanol–water partition coefficient (Wildman–Crippen LogP) is 6.10. The average molecular weight is 429 g/mol. The Morgan fingerprint density at radius 3 is 2.22 bits per heavy atom. The van der Waals surface area contributed by atoms with E-state index in [4.69, 9.17) is 23.2 Å². The zero-order valence-corrected chi connectivity index (χ0v) is 15.6. The highest BCUT2D eigenvalue weighted by molar-refractivity contribution is 7.80. The van der Waals surface area contributed by atoms with Gasteiger partial charge < -0.3 is 5.32 Å². The molecule has 0 aliphatic heterocycles. The summed E-state index contributed by atoms with van der Waals surface area (Å²) < 4.78 is 40.1. The van der Waals surface area contributed by atoms with E-state index in [1.807, 2.05) is 6.07 Å². The summed E-state index contributed by atoms with van der Waals surface area (Å²) in [6.07, 6.45) is -4.58. The van der Waals surface area contributed by atoms with Crippen LogP contribution < -0.4 is 5.32 Å². The molecule has 10 heteroatoms. The minimum absolute atomic E-state index is 0.0313. The van der Waals surface area contributed by atoms with E-state index in [0.29, 0.717) is 5.69 Å². The number of rotatable bonds is 3. The van der Waals surface area contributed by atoms with Gasteiger partial charge in [-0.2, -0.15) is 23.5 Å². The third-order valence-corrected chi connectivity index (χ3v) is 4.60. The minimum atomic E-state index is -4.58. The highest BCUT2D eigenvalue weighted by atomic mass is 35.5. The highest BCUT2D eigenvalue weighted by Gasteiger charge is 2.32. The molecule has 0 aliphatic rings. The first-order chi connectivity index (χ1) is 12.7. The van der Waals surface area contributed by atoms with Gasteiger partial charge in [-0.15, -0.1) is 12.6 Å². The minimum Gasteiger partial charge on any atom is -0.337 e. The Bertz CT molecular complexity index is 1020. The first-order valence-electron chi connectivity index (χ1n) is 7.33. The van der Waals surface area contributed by atoms with Crippen molar-refractivity contribution >= 4 is 47.3 Å². The first-order valence-corrected chi connectivity index (χ1v) is 8.53. The van der Waals surface area contributed by atoms with Crippen LogP contribution in [0.1, 0.15) is 11.3 Å². The van der Waals surface area contributed by atoms with Crippen molar-refractivity contribution in [1.29, 1.82) is 5.26 Å². The fraction of sp³-hybridized carbons (Fsp3) is 0.0588. The van der Waals surface area contributed by atoms with Crippen LogP contribution in [0.25, 0.3) is 5.69 Å². The van der Waals surface area contributed by atoms with Gasteiger partial charge in [-0.3, -0.25) is 0 Å². The maximum atomic E-state index is 12.9. The molecule has 27 heavy (non-hydrogen) atoms. The molecule has 1 N–H and O–H groups in total. The number of hydrogen-bond donors (Lipinski definition) is 2. The van der Waals surface area contributed by atoms with E-state index < -0.39 is 11.7 Å². The maximum Gasteiger partial charge on any atom is 0.416 e. The molecule has 0 saturated heterocycles. The number of aromatic nitrogens is 2. The molecule has 0 unspecified atom stereocenters. The molecule has 0 saturated carbocycles. The summed E-state index contributed by atoms with van der Waals surface area (Å²) in [4.78, 5) is 0.202. The molecule has 4 nitrogen and oxygen atoms in total. The number of benzene rings is 2. The summed E-state index contributed by atoms with van der Waals surface area (Å²) >= 11 is 16.3. The van der Waals surface area contributed by atoms with E-state index in [9.17, 15) is 18.4 Å². The Hall–Kier alpha value is -2.34. The number of nitrogens with one attached hydrogen (secondary N) is 1. The summed E-state index contributed by atoms with van der Waals surface area (Å²) in [6, 6.07) is 12.3. The SMILES string of the molecule is N#Cc1nn(-c2ccccc2)c(Nc2c(Cl)cc(C(F)(F)F)cc2Cl)c1S. The number of nitriles is 1. The summed E-state index contributed by atoms with van der Waals surface area (Å²) in [6.45, 7) is 0. The van der Waals surface area contributed by atoms with Crippen LogP contribution in [-0.4, -0.2) is 9.78 Å². The van der Waals surface area contributed by atoms with Crippen LogP contribution in [0.4, 0.5) is 24.7 Å². The highest BCUT2D eigenvalue weighted by Crippen LogP contribution is 2.41. The van der Waals surface area contributed by atoms with E-state index in [1.54, 1.807) is 30.3 Å². The number of nitrogens with zero attached hydrogens (tertiary/aromatic N) is 3. The normalized spacial score (nSPS) is 11.3. The smallest absolute Gasteiger partial charge is 0.337 e. The van der Waals surface area contributed by atoms with Gasteiger partial charge in [0, 0.05) is 0 Å². The van der Waals surface area contributed by atoms with Gasteiger partial charge in [0.15, 0.2) is 5.69 Å². The van der Waals surface area contributed by atoms with Gasteiger partial charge in [-0.25, -0.2) is 4.68 Å². The predicted molar refractivity (Wildman–Crippen MR) is 100 cm³/mol. The Kier molecular flexibility index (Phi) is 5.29. The van der Waals surface area contributed by atoms with Crippen molar-refractivity contribution in [3.05, 3.63) is 63.8 Å². The second-order valence-corrected chi connectivity index (χ2v) is 6.60. The molecular formula is C17H9Cl2F3N4S. The zero-order chi connectivity index (χ0) is 19.8. The van der Waals surface area contributed by atoms with Gasteiger partial charge in [-0.1, -0.05) is 41.4 Å². The molecule has 3 aromatic rings. The fourth-order valence-electron chi connectivity index (χ4n) is 2.33. The number of alkyl halides is 3. The Labute approximate surface area is 167 Å². The molecule has 0 amide bonds. The molecule has 0 radical (unpaired) electrons. The molecule has 138 valence electrons. The molecule has 1 aromatic heterocycles. The van der Waals surface area contributed by atoms with Gasteiger partial charge in [0.1, 0.15) is 11.9 Å². The van der Waals surface area contributed by atoms with Gasteiger partial charge in [-0.05, 0) is 24.3 Å². The van der Waals surface area contributed by atoms with E-state index in [-0.39, 0.29) is 32.1 Å². The second-order valence-electron chi connectivity index (χ2n) is 5.34. The van der Waals surface area contributed by atoms with E-state index in [1.165, 1.54) is 4.68 Å². The molecule has 1 heterocycles. The topological polar surface area (TPSA) is 53.6 Å². The molecule has 3 rings (SSSR count).